The van der Waals surface area contributed by atoms with E-state index in [4.69, 9.17) is 0 Å². The van der Waals surface area contributed by atoms with Crippen LogP contribution in [0.4, 0.5) is 0 Å². The highest BCUT2D eigenvalue weighted by Gasteiger charge is 2.32. The van der Waals surface area contributed by atoms with Crippen molar-refractivity contribution in [3.05, 3.63) is 35.4 Å². The normalized spacial score (nSPS) is 21.1. The third-order valence-electron chi connectivity index (χ3n) is 4.24. The lowest BCUT2D eigenvalue weighted by Gasteiger charge is -2.33. The van der Waals surface area contributed by atoms with Crippen molar-refractivity contribution in [3.8, 4) is 0 Å². The molecule has 0 radical (unpaired) electrons. The van der Waals surface area contributed by atoms with Crippen LogP contribution in [0.1, 0.15) is 50.8 Å². The van der Waals surface area contributed by atoms with Gasteiger partial charge in [-0.3, -0.25) is 4.90 Å². The second-order valence-corrected chi connectivity index (χ2v) is 5.97. The molecule has 1 atom stereocenters. The molecule has 0 spiro atoms. The SMILES string of the molecule is CCc1ccc(C(O)CN2CCCC2(C)C)cc1. The number of nitrogens with zero attached hydrogens (tertiary/aromatic N) is 1. The van der Waals surface area contributed by atoms with Gasteiger partial charge < -0.3 is 5.11 Å². The van der Waals surface area contributed by atoms with Crippen molar-refractivity contribution in [2.75, 3.05) is 13.1 Å². The largest absolute Gasteiger partial charge is 0.387 e. The number of hydrogen-bond donors (Lipinski definition) is 1. The van der Waals surface area contributed by atoms with Gasteiger partial charge in [0, 0.05) is 12.1 Å². The molecule has 0 saturated carbocycles. The van der Waals surface area contributed by atoms with Crippen LogP contribution in [0.3, 0.4) is 0 Å². The molecular weight excluding hydrogens is 222 g/mol. The van der Waals surface area contributed by atoms with Crippen LogP contribution in [-0.4, -0.2) is 28.6 Å². The molecule has 0 aliphatic carbocycles. The Labute approximate surface area is 111 Å². The van der Waals surface area contributed by atoms with Crippen LogP contribution in [0.5, 0.6) is 0 Å². The van der Waals surface area contributed by atoms with E-state index in [1.165, 1.54) is 18.4 Å². The molecule has 2 heteroatoms. The van der Waals surface area contributed by atoms with Gasteiger partial charge in [0.1, 0.15) is 0 Å². The number of hydrogen-bond acceptors (Lipinski definition) is 2. The van der Waals surface area contributed by atoms with Crippen LogP contribution in [0.25, 0.3) is 0 Å². The van der Waals surface area contributed by atoms with Gasteiger partial charge in [0.15, 0.2) is 0 Å². The summed E-state index contributed by atoms with van der Waals surface area (Å²) in [5.41, 5.74) is 2.60. The van der Waals surface area contributed by atoms with E-state index in [1.54, 1.807) is 0 Å². The Kier molecular flexibility index (Phi) is 4.08. The van der Waals surface area contributed by atoms with Gasteiger partial charge in [-0.1, -0.05) is 31.2 Å². The molecule has 100 valence electrons. The van der Waals surface area contributed by atoms with Crippen molar-refractivity contribution in [3.63, 3.8) is 0 Å². The molecule has 1 aromatic rings. The van der Waals surface area contributed by atoms with Gasteiger partial charge in [-0.05, 0) is 50.8 Å². The van der Waals surface area contributed by atoms with Gasteiger partial charge in [-0.2, -0.15) is 0 Å². The lowest BCUT2D eigenvalue weighted by atomic mass is 10.0. The number of rotatable bonds is 4. The molecule has 1 fully saturated rings. The van der Waals surface area contributed by atoms with Crippen LogP contribution >= 0.6 is 0 Å². The summed E-state index contributed by atoms with van der Waals surface area (Å²) in [7, 11) is 0. The van der Waals surface area contributed by atoms with E-state index in [2.05, 4.69) is 49.9 Å². The molecule has 1 aliphatic rings. The van der Waals surface area contributed by atoms with E-state index in [1.807, 2.05) is 0 Å². The molecule has 0 amide bonds. The second-order valence-electron chi connectivity index (χ2n) is 5.97. The molecule has 0 aromatic heterocycles. The van der Waals surface area contributed by atoms with Gasteiger partial charge in [0.2, 0.25) is 0 Å². The molecule has 1 heterocycles. The first kappa shape index (κ1) is 13.6. The predicted octanol–water partition coefficient (Wildman–Crippen LogP) is 3.16. The summed E-state index contributed by atoms with van der Waals surface area (Å²) in [5.74, 6) is 0. The Hall–Kier alpha value is -0.860. The van der Waals surface area contributed by atoms with E-state index in [-0.39, 0.29) is 11.6 Å². The van der Waals surface area contributed by atoms with Crippen molar-refractivity contribution in [1.29, 1.82) is 0 Å². The quantitative estimate of drug-likeness (QED) is 0.883. The molecule has 0 bridgehead atoms. The highest BCUT2D eigenvalue weighted by molar-refractivity contribution is 5.24. The highest BCUT2D eigenvalue weighted by atomic mass is 16.3. The third-order valence-corrected chi connectivity index (χ3v) is 4.24. The molecule has 1 saturated heterocycles. The lowest BCUT2D eigenvalue weighted by molar-refractivity contribution is 0.0779. The lowest BCUT2D eigenvalue weighted by Crippen LogP contribution is -2.40. The van der Waals surface area contributed by atoms with E-state index in [0.29, 0.717) is 0 Å². The van der Waals surface area contributed by atoms with Crippen molar-refractivity contribution >= 4 is 0 Å². The van der Waals surface area contributed by atoms with Crippen LogP contribution < -0.4 is 0 Å². The van der Waals surface area contributed by atoms with Gasteiger partial charge in [-0.25, -0.2) is 0 Å². The van der Waals surface area contributed by atoms with Gasteiger partial charge in [0.05, 0.1) is 6.10 Å². The second kappa shape index (κ2) is 5.41. The summed E-state index contributed by atoms with van der Waals surface area (Å²) in [6.45, 7) is 8.55. The fraction of sp³-hybridized carbons (Fsp3) is 0.625. The molecule has 2 rings (SSSR count). The zero-order chi connectivity index (χ0) is 13.2. The summed E-state index contributed by atoms with van der Waals surface area (Å²) in [6, 6.07) is 8.36. The van der Waals surface area contributed by atoms with E-state index >= 15 is 0 Å². The maximum Gasteiger partial charge on any atom is 0.0917 e. The molecule has 18 heavy (non-hydrogen) atoms. The minimum atomic E-state index is -0.367. The first-order valence-electron chi connectivity index (χ1n) is 7.05. The predicted molar refractivity (Wildman–Crippen MR) is 75.7 cm³/mol. The Balaban J connectivity index is 2.00. The van der Waals surface area contributed by atoms with E-state index < -0.39 is 0 Å². The summed E-state index contributed by atoms with van der Waals surface area (Å²) < 4.78 is 0. The fourth-order valence-corrected chi connectivity index (χ4v) is 2.79. The Bertz CT molecular complexity index is 383. The minimum Gasteiger partial charge on any atom is -0.387 e. The Morgan fingerprint density at radius 2 is 1.94 bits per heavy atom. The minimum absolute atomic E-state index is 0.240. The molecule has 2 nitrogen and oxygen atoms in total. The summed E-state index contributed by atoms with van der Waals surface area (Å²) in [4.78, 5) is 2.41. The molecule has 1 aromatic carbocycles. The maximum absolute atomic E-state index is 10.3. The average molecular weight is 247 g/mol. The van der Waals surface area contributed by atoms with E-state index in [0.717, 1.165) is 25.1 Å². The number of aliphatic hydroxyl groups is 1. The van der Waals surface area contributed by atoms with Crippen molar-refractivity contribution < 1.29 is 5.11 Å². The van der Waals surface area contributed by atoms with Crippen molar-refractivity contribution in [1.82, 2.24) is 4.90 Å². The fourth-order valence-electron chi connectivity index (χ4n) is 2.79. The third kappa shape index (κ3) is 2.93. The van der Waals surface area contributed by atoms with Crippen LogP contribution in [0.15, 0.2) is 24.3 Å². The molecule has 1 unspecified atom stereocenters. The zero-order valence-corrected chi connectivity index (χ0v) is 11.8. The average Bonchev–Trinajstić information content (AvgIpc) is 2.69. The number of aliphatic hydroxyl groups excluding tert-OH is 1. The monoisotopic (exact) mass is 247 g/mol. The summed E-state index contributed by atoms with van der Waals surface area (Å²) in [5, 5.41) is 10.3. The van der Waals surface area contributed by atoms with Gasteiger partial charge in [0.25, 0.3) is 0 Å². The van der Waals surface area contributed by atoms with Crippen LogP contribution in [-0.2, 0) is 6.42 Å². The first-order valence-corrected chi connectivity index (χ1v) is 7.05. The highest BCUT2D eigenvalue weighted by Crippen LogP contribution is 2.30. The zero-order valence-electron chi connectivity index (χ0n) is 11.8. The number of aryl methyl sites for hydroxylation is 1. The topological polar surface area (TPSA) is 23.5 Å². The summed E-state index contributed by atoms with van der Waals surface area (Å²) >= 11 is 0. The smallest absolute Gasteiger partial charge is 0.0917 e. The Morgan fingerprint density at radius 3 is 2.44 bits per heavy atom. The number of likely N-dealkylation sites (tertiary alicyclic amines) is 1. The van der Waals surface area contributed by atoms with Crippen molar-refractivity contribution in [2.45, 2.75) is 51.7 Å². The van der Waals surface area contributed by atoms with Gasteiger partial charge >= 0.3 is 0 Å². The standard InChI is InChI=1S/C16H25NO/c1-4-13-6-8-14(9-7-13)15(18)12-17-11-5-10-16(17,2)3/h6-9,15,18H,4-5,10-12H2,1-3H3. The Morgan fingerprint density at radius 1 is 1.28 bits per heavy atom. The maximum atomic E-state index is 10.3. The van der Waals surface area contributed by atoms with Crippen LogP contribution in [0, 0.1) is 0 Å². The van der Waals surface area contributed by atoms with Gasteiger partial charge in [-0.15, -0.1) is 0 Å². The number of β-amino-alcohol motifs (C(OH)–C–C–N with tert-alkyl or cyclic N) is 1. The molecule has 1 N–H and O–H groups in total. The first-order chi connectivity index (χ1) is 8.53. The molecule has 1 aliphatic heterocycles. The number of benzene rings is 1. The van der Waals surface area contributed by atoms with E-state index in [9.17, 15) is 5.11 Å². The van der Waals surface area contributed by atoms with Crippen molar-refractivity contribution in [2.24, 2.45) is 0 Å². The molecular formula is C16H25NO. The summed E-state index contributed by atoms with van der Waals surface area (Å²) in [6.07, 6.45) is 3.16. The van der Waals surface area contributed by atoms with Crippen LogP contribution in [0.2, 0.25) is 0 Å².